The van der Waals surface area contributed by atoms with Crippen molar-refractivity contribution in [1.29, 1.82) is 0 Å². The van der Waals surface area contributed by atoms with E-state index < -0.39 is 0 Å². The molecule has 3 N–H and O–H groups in total. The zero-order valence-corrected chi connectivity index (χ0v) is 8.88. The molecule has 80 valence electrons. The quantitative estimate of drug-likeness (QED) is 0.696. The van der Waals surface area contributed by atoms with Gasteiger partial charge in [0, 0.05) is 17.5 Å². The summed E-state index contributed by atoms with van der Waals surface area (Å²) in [5, 5.41) is 3.13. The highest BCUT2D eigenvalue weighted by atomic mass is 16.2. The maximum absolute atomic E-state index is 11.8. The fourth-order valence-electron chi connectivity index (χ4n) is 2.18. The summed E-state index contributed by atoms with van der Waals surface area (Å²) in [6.07, 6.45) is 6.36. The molecule has 0 aromatic heterocycles. The van der Waals surface area contributed by atoms with Crippen molar-refractivity contribution in [3.05, 3.63) is 0 Å². The van der Waals surface area contributed by atoms with E-state index in [1.54, 1.807) is 0 Å². The van der Waals surface area contributed by atoms with Gasteiger partial charge in [-0.25, -0.2) is 0 Å². The second-order valence-corrected chi connectivity index (χ2v) is 5.17. The number of nitrogens with one attached hydrogen (secondary N) is 1. The molecule has 2 fully saturated rings. The smallest absolute Gasteiger partial charge is 0.223 e. The van der Waals surface area contributed by atoms with E-state index in [1.165, 1.54) is 0 Å². The minimum absolute atomic E-state index is 0.124. The van der Waals surface area contributed by atoms with E-state index in [2.05, 4.69) is 12.2 Å². The molecule has 2 unspecified atom stereocenters. The molecule has 2 aliphatic carbocycles. The number of carbonyl (C=O) groups excluding carboxylic acids is 1. The summed E-state index contributed by atoms with van der Waals surface area (Å²) >= 11 is 0. The molecule has 3 nitrogen and oxygen atoms in total. The van der Waals surface area contributed by atoms with Crippen molar-refractivity contribution in [1.82, 2.24) is 5.32 Å². The van der Waals surface area contributed by atoms with Crippen molar-refractivity contribution in [2.24, 2.45) is 11.7 Å². The lowest BCUT2D eigenvalue weighted by Gasteiger charge is -2.27. The third-order valence-corrected chi connectivity index (χ3v) is 3.51. The first kappa shape index (κ1) is 9.97. The number of rotatable bonds is 2. The van der Waals surface area contributed by atoms with Gasteiger partial charge in [-0.2, -0.15) is 0 Å². The predicted molar refractivity (Wildman–Crippen MR) is 55.7 cm³/mol. The van der Waals surface area contributed by atoms with E-state index in [-0.39, 0.29) is 23.4 Å². The van der Waals surface area contributed by atoms with Crippen LogP contribution in [0.2, 0.25) is 0 Å². The highest BCUT2D eigenvalue weighted by Gasteiger charge is 2.40. The summed E-state index contributed by atoms with van der Waals surface area (Å²) in [6, 6.07) is 0.242. The summed E-state index contributed by atoms with van der Waals surface area (Å²) in [5.41, 5.74) is 5.99. The van der Waals surface area contributed by atoms with Crippen molar-refractivity contribution in [2.45, 2.75) is 57.0 Å². The maximum Gasteiger partial charge on any atom is 0.223 e. The molecule has 0 aromatic carbocycles. The zero-order valence-electron chi connectivity index (χ0n) is 8.88. The average molecular weight is 196 g/mol. The van der Waals surface area contributed by atoms with E-state index in [4.69, 9.17) is 5.73 Å². The van der Waals surface area contributed by atoms with Crippen molar-refractivity contribution < 1.29 is 4.79 Å². The molecular weight excluding hydrogens is 176 g/mol. The maximum atomic E-state index is 11.8. The predicted octanol–water partition coefficient (Wildman–Crippen LogP) is 1.17. The molecule has 0 aliphatic heterocycles. The first-order chi connectivity index (χ1) is 6.59. The van der Waals surface area contributed by atoms with Crippen LogP contribution in [0.25, 0.3) is 0 Å². The summed E-state index contributed by atoms with van der Waals surface area (Å²) in [4.78, 5) is 11.8. The van der Waals surface area contributed by atoms with Crippen LogP contribution in [-0.2, 0) is 4.79 Å². The Bertz CT molecular complexity index is 235. The summed E-state index contributed by atoms with van der Waals surface area (Å²) in [5.74, 6) is 0.413. The van der Waals surface area contributed by atoms with Crippen molar-refractivity contribution in [2.75, 3.05) is 0 Å². The Morgan fingerprint density at radius 3 is 2.71 bits per heavy atom. The lowest BCUT2D eigenvalue weighted by atomic mass is 9.85. The van der Waals surface area contributed by atoms with E-state index >= 15 is 0 Å². The van der Waals surface area contributed by atoms with E-state index in [0.29, 0.717) is 0 Å². The highest BCUT2D eigenvalue weighted by molar-refractivity contribution is 5.80. The number of nitrogens with two attached hydrogens (primary N) is 1. The Balaban J connectivity index is 1.84. The molecular formula is C11H20N2O. The molecule has 2 rings (SSSR count). The van der Waals surface area contributed by atoms with Gasteiger partial charge in [0.2, 0.25) is 5.91 Å². The van der Waals surface area contributed by atoms with Gasteiger partial charge in [-0.05, 0) is 39.0 Å². The highest BCUT2D eigenvalue weighted by Crippen LogP contribution is 2.35. The Labute approximate surface area is 85.4 Å². The molecule has 0 saturated heterocycles. The van der Waals surface area contributed by atoms with Crippen LogP contribution in [0.1, 0.15) is 45.4 Å². The molecule has 0 radical (unpaired) electrons. The third kappa shape index (κ3) is 2.27. The zero-order chi connectivity index (χ0) is 10.2. The number of amides is 1. The van der Waals surface area contributed by atoms with Gasteiger partial charge in [0.15, 0.2) is 0 Å². The Hall–Kier alpha value is -0.570. The van der Waals surface area contributed by atoms with Gasteiger partial charge in [-0.1, -0.05) is 6.42 Å². The van der Waals surface area contributed by atoms with Crippen LogP contribution < -0.4 is 11.1 Å². The van der Waals surface area contributed by atoms with Crippen LogP contribution in [0.15, 0.2) is 0 Å². The van der Waals surface area contributed by atoms with Gasteiger partial charge in [-0.3, -0.25) is 4.79 Å². The van der Waals surface area contributed by atoms with E-state index in [9.17, 15) is 4.79 Å². The molecule has 1 amide bonds. The molecule has 14 heavy (non-hydrogen) atoms. The Morgan fingerprint density at radius 2 is 2.14 bits per heavy atom. The van der Waals surface area contributed by atoms with Crippen LogP contribution in [0.4, 0.5) is 0 Å². The minimum Gasteiger partial charge on any atom is -0.351 e. The Morgan fingerprint density at radius 1 is 1.43 bits per heavy atom. The van der Waals surface area contributed by atoms with Crippen molar-refractivity contribution >= 4 is 5.91 Å². The van der Waals surface area contributed by atoms with Gasteiger partial charge in [0.05, 0.1) is 0 Å². The topological polar surface area (TPSA) is 55.1 Å². The SMILES string of the molecule is CC1(NC(=O)C2CCCC(N)C2)CC1. The first-order valence-corrected chi connectivity index (χ1v) is 5.67. The normalized spacial score (nSPS) is 35.0. The fourth-order valence-corrected chi connectivity index (χ4v) is 2.18. The number of hydrogen-bond acceptors (Lipinski definition) is 2. The van der Waals surface area contributed by atoms with Gasteiger partial charge in [0.25, 0.3) is 0 Å². The molecule has 2 atom stereocenters. The van der Waals surface area contributed by atoms with Crippen LogP contribution in [0.3, 0.4) is 0 Å². The second-order valence-electron chi connectivity index (χ2n) is 5.17. The largest absolute Gasteiger partial charge is 0.351 e. The Kier molecular flexibility index (Phi) is 2.52. The molecule has 2 saturated carbocycles. The molecule has 3 heteroatoms. The summed E-state index contributed by atoms with van der Waals surface area (Å²) in [7, 11) is 0. The fraction of sp³-hybridized carbons (Fsp3) is 0.909. The van der Waals surface area contributed by atoms with Gasteiger partial charge >= 0.3 is 0 Å². The van der Waals surface area contributed by atoms with Crippen molar-refractivity contribution in [3.63, 3.8) is 0 Å². The van der Waals surface area contributed by atoms with Crippen LogP contribution >= 0.6 is 0 Å². The standard InChI is InChI=1S/C11H20N2O/c1-11(5-6-11)13-10(14)8-3-2-4-9(12)7-8/h8-9H,2-7,12H2,1H3,(H,13,14). The summed E-state index contributed by atoms with van der Waals surface area (Å²) in [6.45, 7) is 2.12. The molecule has 0 aromatic rings. The monoisotopic (exact) mass is 196 g/mol. The van der Waals surface area contributed by atoms with Gasteiger partial charge in [0.1, 0.15) is 0 Å². The number of carbonyl (C=O) groups is 1. The van der Waals surface area contributed by atoms with E-state index in [0.717, 1.165) is 38.5 Å². The molecule has 0 spiro atoms. The molecule has 0 heterocycles. The summed E-state index contributed by atoms with van der Waals surface area (Å²) < 4.78 is 0. The first-order valence-electron chi connectivity index (χ1n) is 5.67. The van der Waals surface area contributed by atoms with Crippen LogP contribution in [-0.4, -0.2) is 17.5 Å². The van der Waals surface area contributed by atoms with Crippen LogP contribution in [0, 0.1) is 5.92 Å². The van der Waals surface area contributed by atoms with Gasteiger partial charge < -0.3 is 11.1 Å². The van der Waals surface area contributed by atoms with Crippen LogP contribution in [0.5, 0.6) is 0 Å². The lowest BCUT2D eigenvalue weighted by Crippen LogP contribution is -2.42. The third-order valence-electron chi connectivity index (χ3n) is 3.51. The van der Waals surface area contributed by atoms with Crippen molar-refractivity contribution in [3.8, 4) is 0 Å². The lowest BCUT2D eigenvalue weighted by molar-refractivity contribution is -0.126. The molecule has 2 aliphatic rings. The second kappa shape index (κ2) is 3.54. The minimum atomic E-state index is 0.124. The molecule has 0 bridgehead atoms. The average Bonchev–Trinajstić information content (AvgIpc) is 2.83. The van der Waals surface area contributed by atoms with E-state index in [1.807, 2.05) is 0 Å². The van der Waals surface area contributed by atoms with Gasteiger partial charge in [-0.15, -0.1) is 0 Å². The number of hydrogen-bond donors (Lipinski definition) is 2.